The third-order valence-corrected chi connectivity index (χ3v) is 5.42. The molecular formula is C16H15Cl3N4O2S. The van der Waals surface area contributed by atoms with Crippen LogP contribution >= 0.6 is 46.1 Å². The molecule has 0 spiro atoms. The van der Waals surface area contributed by atoms with Gasteiger partial charge in [0.2, 0.25) is 0 Å². The number of hydrazine groups is 1. The molecule has 0 radical (unpaired) electrons. The highest BCUT2D eigenvalue weighted by molar-refractivity contribution is 7.14. The molecule has 0 unspecified atom stereocenters. The van der Waals surface area contributed by atoms with Gasteiger partial charge in [-0.2, -0.15) is 0 Å². The average Bonchev–Trinajstić information content (AvgIpc) is 3.03. The summed E-state index contributed by atoms with van der Waals surface area (Å²) in [7, 11) is 0. The third kappa shape index (κ3) is 4.47. The molecule has 3 rings (SSSR count). The normalized spacial score (nSPS) is 14.9. The number of carbonyl (C=O) groups excluding carboxylic acids is 2. The van der Waals surface area contributed by atoms with Gasteiger partial charge in [0.1, 0.15) is 5.00 Å². The quantitative estimate of drug-likeness (QED) is 0.745. The van der Waals surface area contributed by atoms with E-state index in [0.29, 0.717) is 10.0 Å². The molecule has 2 aromatic rings. The highest BCUT2D eigenvalue weighted by Gasteiger charge is 2.22. The minimum Gasteiger partial charge on any atom is -0.311 e. The smallest absolute Gasteiger partial charge is 0.287 e. The summed E-state index contributed by atoms with van der Waals surface area (Å²) >= 11 is 19.2. The van der Waals surface area contributed by atoms with E-state index in [0.717, 1.165) is 43.7 Å². The van der Waals surface area contributed by atoms with Crippen molar-refractivity contribution in [3.05, 3.63) is 44.0 Å². The molecule has 1 aromatic heterocycles. The van der Waals surface area contributed by atoms with Crippen molar-refractivity contribution in [3.8, 4) is 0 Å². The Morgan fingerprint density at radius 3 is 2.35 bits per heavy atom. The number of benzene rings is 1. The largest absolute Gasteiger partial charge is 0.311 e. The summed E-state index contributed by atoms with van der Waals surface area (Å²) in [6, 6.07) is 2.86. The molecule has 0 bridgehead atoms. The summed E-state index contributed by atoms with van der Waals surface area (Å²) in [6.45, 7) is 1.60. The van der Waals surface area contributed by atoms with Crippen LogP contribution in [0, 0.1) is 0 Å². The van der Waals surface area contributed by atoms with Crippen molar-refractivity contribution in [2.75, 3.05) is 18.4 Å². The van der Waals surface area contributed by atoms with Crippen LogP contribution in [0.5, 0.6) is 0 Å². The van der Waals surface area contributed by atoms with Gasteiger partial charge in [-0.05, 0) is 25.0 Å². The lowest BCUT2D eigenvalue weighted by Crippen LogP contribution is -2.45. The second-order valence-corrected chi connectivity index (χ2v) is 7.82. The van der Waals surface area contributed by atoms with E-state index < -0.39 is 5.91 Å². The lowest BCUT2D eigenvalue weighted by Gasteiger charge is -2.26. The van der Waals surface area contributed by atoms with Crippen LogP contribution in [0.25, 0.3) is 0 Å². The molecule has 0 saturated carbocycles. The summed E-state index contributed by atoms with van der Waals surface area (Å²) in [5, 5.41) is 5.43. The van der Waals surface area contributed by atoms with Gasteiger partial charge in [-0.1, -0.05) is 41.2 Å². The SMILES string of the molecule is O=C(NN1CCCCC1)c1ncsc1NC(=O)c1c(Cl)cc(Cl)cc1Cl. The van der Waals surface area contributed by atoms with Crippen LogP contribution in [0.15, 0.2) is 17.6 Å². The Hall–Kier alpha value is -1.38. The van der Waals surface area contributed by atoms with Crippen LogP contribution in [0.2, 0.25) is 15.1 Å². The van der Waals surface area contributed by atoms with Crippen LogP contribution in [-0.2, 0) is 0 Å². The van der Waals surface area contributed by atoms with Gasteiger partial charge in [0.05, 0.1) is 21.1 Å². The van der Waals surface area contributed by atoms with E-state index in [1.807, 2.05) is 5.01 Å². The zero-order chi connectivity index (χ0) is 18.7. The first-order valence-electron chi connectivity index (χ1n) is 7.91. The van der Waals surface area contributed by atoms with Gasteiger partial charge >= 0.3 is 0 Å². The van der Waals surface area contributed by atoms with Crippen LogP contribution in [-0.4, -0.2) is 34.9 Å². The zero-order valence-corrected chi connectivity index (χ0v) is 16.6. The number of thiazole rings is 1. The van der Waals surface area contributed by atoms with Crippen molar-refractivity contribution in [1.82, 2.24) is 15.4 Å². The predicted molar refractivity (Wildman–Crippen MR) is 104 cm³/mol. The number of nitrogens with zero attached hydrogens (tertiary/aromatic N) is 2. The summed E-state index contributed by atoms with van der Waals surface area (Å²) in [6.07, 6.45) is 3.23. The molecule has 2 heterocycles. The molecule has 0 atom stereocenters. The Morgan fingerprint density at radius 1 is 1.04 bits per heavy atom. The highest BCUT2D eigenvalue weighted by Crippen LogP contribution is 2.30. The van der Waals surface area contributed by atoms with Crippen molar-refractivity contribution >= 4 is 63.0 Å². The van der Waals surface area contributed by atoms with Gasteiger partial charge in [-0.3, -0.25) is 15.0 Å². The second kappa shape index (κ2) is 8.54. The topological polar surface area (TPSA) is 74.3 Å². The van der Waals surface area contributed by atoms with Crippen molar-refractivity contribution in [1.29, 1.82) is 0 Å². The zero-order valence-electron chi connectivity index (χ0n) is 13.5. The maximum Gasteiger partial charge on any atom is 0.287 e. The number of rotatable bonds is 4. The Kier molecular flexibility index (Phi) is 6.37. The molecule has 2 N–H and O–H groups in total. The lowest BCUT2D eigenvalue weighted by molar-refractivity contribution is 0.0746. The first-order valence-corrected chi connectivity index (χ1v) is 9.92. The van der Waals surface area contributed by atoms with Crippen molar-refractivity contribution in [2.45, 2.75) is 19.3 Å². The minimum atomic E-state index is -0.534. The first-order chi connectivity index (χ1) is 12.5. The van der Waals surface area contributed by atoms with Gasteiger partial charge in [-0.15, -0.1) is 11.3 Å². The van der Waals surface area contributed by atoms with E-state index in [-0.39, 0.29) is 27.2 Å². The number of amides is 2. The van der Waals surface area contributed by atoms with Gasteiger partial charge in [0, 0.05) is 18.1 Å². The molecule has 2 amide bonds. The fourth-order valence-corrected chi connectivity index (χ4v) is 4.28. The number of nitrogens with one attached hydrogen (secondary N) is 2. The van der Waals surface area contributed by atoms with Crippen LogP contribution in [0.4, 0.5) is 5.00 Å². The molecule has 1 saturated heterocycles. The average molecular weight is 434 g/mol. The molecule has 1 aliphatic heterocycles. The number of carbonyl (C=O) groups is 2. The van der Waals surface area contributed by atoms with E-state index >= 15 is 0 Å². The molecule has 0 aliphatic carbocycles. The monoisotopic (exact) mass is 432 g/mol. The Bertz CT molecular complexity index is 814. The molecular weight excluding hydrogens is 419 g/mol. The molecule has 1 fully saturated rings. The molecule has 1 aromatic carbocycles. The Labute approximate surface area is 169 Å². The van der Waals surface area contributed by atoms with Crippen LogP contribution in [0.1, 0.15) is 40.1 Å². The third-order valence-electron chi connectivity index (χ3n) is 3.86. The maximum absolute atomic E-state index is 12.5. The minimum absolute atomic E-state index is 0.0912. The van der Waals surface area contributed by atoms with E-state index in [1.165, 1.54) is 17.6 Å². The van der Waals surface area contributed by atoms with Gasteiger partial charge in [0.15, 0.2) is 5.69 Å². The fourth-order valence-electron chi connectivity index (χ4n) is 2.62. The van der Waals surface area contributed by atoms with Gasteiger partial charge in [0.25, 0.3) is 11.8 Å². The van der Waals surface area contributed by atoms with Crippen LogP contribution in [0.3, 0.4) is 0 Å². The Balaban J connectivity index is 1.74. The summed E-state index contributed by atoms with van der Waals surface area (Å²) in [5.41, 5.74) is 4.55. The number of anilines is 1. The second-order valence-electron chi connectivity index (χ2n) is 5.72. The van der Waals surface area contributed by atoms with Crippen molar-refractivity contribution in [2.24, 2.45) is 0 Å². The first kappa shape index (κ1) is 19.4. The molecule has 6 nitrogen and oxygen atoms in total. The van der Waals surface area contributed by atoms with Gasteiger partial charge in [-0.25, -0.2) is 9.99 Å². The van der Waals surface area contributed by atoms with Gasteiger partial charge < -0.3 is 5.32 Å². The molecule has 1 aliphatic rings. The predicted octanol–water partition coefficient (Wildman–Crippen LogP) is 4.49. The van der Waals surface area contributed by atoms with E-state index in [2.05, 4.69) is 15.7 Å². The molecule has 10 heteroatoms. The molecule has 138 valence electrons. The number of piperidine rings is 1. The molecule has 26 heavy (non-hydrogen) atoms. The fraction of sp³-hybridized carbons (Fsp3) is 0.312. The Morgan fingerprint density at radius 2 is 1.69 bits per heavy atom. The number of aromatic nitrogens is 1. The lowest BCUT2D eigenvalue weighted by atomic mass is 10.2. The summed E-state index contributed by atoms with van der Waals surface area (Å²) < 4.78 is 0. The van der Waals surface area contributed by atoms with Crippen molar-refractivity contribution < 1.29 is 9.59 Å². The highest BCUT2D eigenvalue weighted by atomic mass is 35.5. The number of hydrogen-bond acceptors (Lipinski definition) is 5. The summed E-state index contributed by atoms with van der Waals surface area (Å²) in [4.78, 5) is 29.1. The standard InChI is InChI=1S/C16H15Cl3N4O2S/c17-9-6-10(18)12(11(19)7-9)14(24)21-16-13(20-8-26-16)15(25)22-23-4-2-1-3-5-23/h6-8H,1-5H2,(H,21,24)(H,22,25). The van der Waals surface area contributed by atoms with E-state index in [1.54, 1.807) is 0 Å². The van der Waals surface area contributed by atoms with Crippen LogP contribution < -0.4 is 10.7 Å². The van der Waals surface area contributed by atoms with E-state index in [4.69, 9.17) is 34.8 Å². The van der Waals surface area contributed by atoms with Crippen molar-refractivity contribution in [3.63, 3.8) is 0 Å². The summed E-state index contributed by atoms with van der Waals surface area (Å²) in [5.74, 6) is -0.898. The maximum atomic E-state index is 12.5. The number of halogens is 3. The number of hydrogen-bond donors (Lipinski definition) is 2. The van der Waals surface area contributed by atoms with E-state index in [9.17, 15) is 9.59 Å².